The van der Waals surface area contributed by atoms with E-state index in [0.29, 0.717) is 0 Å². The summed E-state index contributed by atoms with van der Waals surface area (Å²) >= 11 is 4.69. The number of halogens is 3. The van der Waals surface area contributed by atoms with Gasteiger partial charge in [-0.25, -0.2) is 0 Å². The van der Waals surface area contributed by atoms with Crippen LogP contribution < -0.4 is 24.8 Å². The average molecular weight is 607 g/mol. The van der Waals surface area contributed by atoms with Crippen molar-refractivity contribution in [3.63, 3.8) is 0 Å². The summed E-state index contributed by atoms with van der Waals surface area (Å²) < 4.78 is 3.43. The Bertz CT molecular complexity index is 1240. The summed E-state index contributed by atoms with van der Waals surface area (Å²) in [6.07, 6.45) is 6.41. The Labute approximate surface area is 222 Å². The monoisotopic (exact) mass is 603 g/mol. The van der Waals surface area contributed by atoms with Gasteiger partial charge in [0.05, 0.1) is 0 Å². The molecule has 0 atom stereocenters. The van der Waals surface area contributed by atoms with E-state index in [4.69, 9.17) is 0 Å². The number of fused-ring (bicyclic) bond motifs is 6. The van der Waals surface area contributed by atoms with Crippen LogP contribution in [0.5, 0.6) is 0 Å². The van der Waals surface area contributed by atoms with E-state index in [0.717, 1.165) is 40.0 Å². The zero-order chi connectivity index (χ0) is 20.4. The number of aryl methyl sites for hydroxylation is 1. The van der Waals surface area contributed by atoms with Crippen molar-refractivity contribution in [2.45, 2.75) is 12.8 Å². The summed E-state index contributed by atoms with van der Waals surface area (Å²) in [7, 11) is 6.31. The molecular formula is C25H18BrCl2NSZr-2. The minimum absolute atomic E-state index is 0. The molecule has 3 aromatic carbocycles. The van der Waals surface area contributed by atoms with E-state index in [1.54, 1.807) is 0 Å². The van der Waals surface area contributed by atoms with Crippen molar-refractivity contribution in [1.29, 1.82) is 0 Å². The topological polar surface area (TPSA) is 4.93 Å². The van der Waals surface area contributed by atoms with Crippen molar-refractivity contribution >= 4 is 41.8 Å². The molecule has 0 unspecified atom stereocenters. The summed E-state index contributed by atoms with van der Waals surface area (Å²) in [5.74, 6) is 0. The van der Waals surface area contributed by atoms with E-state index >= 15 is 0 Å². The van der Waals surface area contributed by atoms with Crippen LogP contribution in [0, 0.1) is 12.1 Å². The van der Waals surface area contributed by atoms with Gasteiger partial charge in [0.1, 0.15) is 0 Å². The summed E-state index contributed by atoms with van der Waals surface area (Å²) in [6, 6.07) is 25.5. The van der Waals surface area contributed by atoms with Gasteiger partial charge in [-0.3, -0.25) is 0 Å². The summed E-state index contributed by atoms with van der Waals surface area (Å²) in [5, 5.41) is 1.34. The van der Waals surface area contributed by atoms with Gasteiger partial charge in [0.2, 0.25) is 0 Å². The van der Waals surface area contributed by atoms with Crippen LogP contribution in [0.1, 0.15) is 22.3 Å². The number of nitrogens with zero attached hydrogens (tertiary/aromatic N) is 1. The fraction of sp³-hybridized carbons (Fsp3) is 0.120. The van der Waals surface area contributed by atoms with Gasteiger partial charge in [-0.2, -0.15) is 24.3 Å². The van der Waals surface area contributed by atoms with Gasteiger partial charge in [0.15, 0.2) is 0 Å². The van der Waals surface area contributed by atoms with Crippen LogP contribution in [0.15, 0.2) is 65.1 Å². The van der Waals surface area contributed by atoms with Crippen LogP contribution in [0.4, 0.5) is 0 Å². The Hall–Kier alpha value is -0.897. The molecule has 0 saturated heterocycles. The standard InChI is InChI=1S/C16H11BrN.C9H7.2ClH.S.Zr/c1-18-15-5-3-2-4-13(15)14-9-10-8-11(17)6-7-12(10)16(14)18;1-2-5-9-7-3-6-8(9)4-1;;;;/h2-4,6-8H,9H2,1H3;1-4,7H,6H2;2*1H;;/q2*-1;;;;+2/p-2. The number of aromatic nitrogens is 1. The van der Waals surface area contributed by atoms with E-state index in [2.05, 4.69) is 97.1 Å². The predicted octanol–water partition coefficient (Wildman–Crippen LogP) is 1.02. The van der Waals surface area contributed by atoms with Gasteiger partial charge < -0.3 is 29.4 Å². The van der Waals surface area contributed by atoms with E-state index in [1.165, 1.54) is 44.4 Å². The van der Waals surface area contributed by atoms with Crippen molar-refractivity contribution in [2.24, 2.45) is 7.05 Å². The minimum Gasteiger partial charge on any atom is -0.147 e. The maximum atomic E-state index is 4.17. The molecule has 0 spiro atoms. The summed E-state index contributed by atoms with van der Waals surface area (Å²) in [5.41, 5.74) is 9.44. The van der Waals surface area contributed by atoms with Crippen LogP contribution >= 0.6 is 24.8 Å². The minimum atomic E-state index is 0. The average Bonchev–Trinajstić information content (AvgIpc) is 3.45. The third-order valence-electron chi connectivity index (χ3n) is 5.41. The van der Waals surface area contributed by atoms with Crippen molar-refractivity contribution in [3.05, 3.63) is 99.5 Å². The molecule has 1 aromatic heterocycles. The molecule has 156 valence electrons. The fourth-order valence-electron chi connectivity index (χ4n) is 4.16. The maximum Gasteiger partial charge on any atom is -0.0528 e. The molecule has 4 aromatic rings. The van der Waals surface area contributed by atoms with Crippen LogP contribution in [0.3, 0.4) is 0 Å². The Kier molecular flexibility index (Phi) is 10.0. The van der Waals surface area contributed by atoms with Gasteiger partial charge in [-0.15, -0.1) is 52.9 Å². The number of hydrogen-bond donors (Lipinski definition) is 0. The van der Waals surface area contributed by atoms with Crippen molar-refractivity contribution in [3.8, 4) is 11.3 Å². The molecule has 0 N–H and O–H groups in total. The molecule has 1 nitrogen and oxygen atoms in total. The second-order valence-corrected chi connectivity index (χ2v) is 7.93. The Balaban J connectivity index is 0.000000224. The van der Waals surface area contributed by atoms with Crippen LogP contribution in [-0.4, -0.2) is 4.57 Å². The van der Waals surface area contributed by atoms with E-state index < -0.39 is 0 Å². The third-order valence-corrected chi connectivity index (χ3v) is 5.90. The largest absolute Gasteiger partial charge is 0.147 e. The second kappa shape index (κ2) is 11.8. The van der Waals surface area contributed by atoms with E-state index in [9.17, 15) is 0 Å². The molecular weight excluding hydrogens is 588 g/mol. The number of para-hydroxylation sites is 1. The molecule has 0 bridgehead atoms. The molecule has 0 saturated carbocycles. The van der Waals surface area contributed by atoms with Gasteiger partial charge in [0, 0.05) is 22.8 Å². The Morgan fingerprint density at radius 3 is 2.52 bits per heavy atom. The zero-order valence-corrected chi connectivity index (χ0v) is 23.1. The number of benzene rings is 3. The quantitative estimate of drug-likeness (QED) is 0.239. The predicted molar refractivity (Wildman–Crippen MR) is 123 cm³/mol. The molecule has 2 aliphatic carbocycles. The van der Waals surface area contributed by atoms with Crippen molar-refractivity contribution in [2.75, 3.05) is 0 Å². The maximum absolute atomic E-state index is 4.17. The first-order valence-electron chi connectivity index (χ1n) is 9.35. The van der Waals surface area contributed by atoms with E-state index in [-0.39, 0.29) is 24.8 Å². The third kappa shape index (κ3) is 5.20. The molecule has 0 radical (unpaired) electrons. The fourth-order valence-corrected chi connectivity index (χ4v) is 4.57. The number of hydrogen-bond acceptors (Lipinski definition) is 1. The number of allylic oxidation sites excluding steroid dienone is 1. The first kappa shape index (κ1) is 26.4. The van der Waals surface area contributed by atoms with Crippen LogP contribution in [-0.2, 0) is 42.6 Å². The van der Waals surface area contributed by atoms with Gasteiger partial charge in [-0.1, -0.05) is 39.5 Å². The van der Waals surface area contributed by atoms with Gasteiger partial charge in [0.25, 0.3) is 0 Å². The summed E-state index contributed by atoms with van der Waals surface area (Å²) in [6.45, 7) is 0. The molecule has 0 aliphatic heterocycles. The SMILES string of the molecule is Cn1c2c(c3ccc[c-]c31)Cc1cc(Br)ccc1-2.[Cl-].[Cl-].[S]=[Zr+2].[c-]1cccc2c1C=CC2. The molecule has 1 heterocycles. The van der Waals surface area contributed by atoms with Crippen molar-refractivity contribution < 1.29 is 47.5 Å². The normalized spacial score (nSPS) is 11.6. The van der Waals surface area contributed by atoms with Gasteiger partial charge >= 0.3 is 31.5 Å². The molecule has 0 amide bonds. The summed E-state index contributed by atoms with van der Waals surface area (Å²) in [4.78, 5) is 0. The van der Waals surface area contributed by atoms with Crippen LogP contribution in [0.25, 0.3) is 28.2 Å². The van der Waals surface area contributed by atoms with E-state index in [1.807, 2.05) is 18.2 Å². The zero-order valence-electron chi connectivity index (χ0n) is 16.8. The second-order valence-electron chi connectivity index (χ2n) is 7.01. The Morgan fingerprint density at radius 1 is 1.00 bits per heavy atom. The van der Waals surface area contributed by atoms with Gasteiger partial charge in [-0.05, 0) is 24.1 Å². The smallest absolute Gasteiger partial charge is 0.0528 e. The Morgan fingerprint density at radius 2 is 1.74 bits per heavy atom. The molecule has 31 heavy (non-hydrogen) atoms. The molecule has 0 fully saturated rings. The van der Waals surface area contributed by atoms with Crippen LogP contribution in [0.2, 0.25) is 0 Å². The molecule has 6 heteroatoms. The first-order chi connectivity index (χ1) is 14.2. The molecule has 6 rings (SSSR count). The van der Waals surface area contributed by atoms with Crippen molar-refractivity contribution in [1.82, 2.24) is 4.57 Å². The first-order valence-corrected chi connectivity index (χ1v) is 13.6. The number of rotatable bonds is 0. The molecule has 2 aliphatic rings.